The monoisotopic (exact) mass is 501 g/mol. The molecule has 3 aromatic carbocycles. The van der Waals surface area contributed by atoms with E-state index in [-0.39, 0.29) is 17.1 Å². The molecule has 1 amide bonds. The second kappa shape index (κ2) is 10.8. The summed E-state index contributed by atoms with van der Waals surface area (Å²) >= 11 is 0. The molecule has 3 aromatic rings. The number of benzene rings is 3. The minimum atomic E-state index is -4.21. The number of sulfonamides is 1. The second-order valence-electron chi connectivity index (χ2n) is 7.98. The Labute approximate surface area is 203 Å². The first-order chi connectivity index (χ1) is 16.8. The van der Waals surface area contributed by atoms with Gasteiger partial charge in [-0.05, 0) is 66.2 Å². The second-order valence-corrected chi connectivity index (χ2v) is 9.85. The highest BCUT2D eigenvalue weighted by Gasteiger charge is 2.27. The quantitative estimate of drug-likeness (QED) is 0.513. The summed E-state index contributed by atoms with van der Waals surface area (Å²) in [5, 5.41) is 2.73. The van der Waals surface area contributed by atoms with Crippen molar-refractivity contribution in [1.29, 1.82) is 0 Å². The van der Waals surface area contributed by atoms with E-state index < -0.39 is 34.1 Å². The van der Waals surface area contributed by atoms with Crippen molar-refractivity contribution >= 4 is 27.3 Å². The van der Waals surface area contributed by atoms with Crippen LogP contribution in [0.4, 0.5) is 20.2 Å². The van der Waals surface area contributed by atoms with E-state index in [1.54, 1.807) is 0 Å². The van der Waals surface area contributed by atoms with Crippen LogP contribution in [-0.4, -0.2) is 47.2 Å². The topological polar surface area (TPSA) is 79.0 Å². The molecule has 0 saturated carbocycles. The average molecular weight is 502 g/mol. The molecule has 1 heterocycles. The first-order valence-corrected chi connectivity index (χ1v) is 12.5. The normalized spacial score (nSPS) is 13.9. The van der Waals surface area contributed by atoms with Gasteiger partial charge in [0, 0.05) is 25.3 Å². The molecule has 184 valence electrons. The van der Waals surface area contributed by atoms with E-state index in [0.717, 1.165) is 65.0 Å². The van der Waals surface area contributed by atoms with Gasteiger partial charge < -0.3 is 15.0 Å². The third-order valence-corrected chi connectivity index (χ3v) is 7.39. The molecule has 7 nitrogen and oxygen atoms in total. The Hall–Kier alpha value is -3.50. The molecule has 0 unspecified atom stereocenters. The number of morpholine rings is 1. The highest BCUT2D eigenvalue weighted by atomic mass is 32.2. The van der Waals surface area contributed by atoms with E-state index in [1.807, 2.05) is 24.3 Å². The number of nitrogens with one attached hydrogen (secondary N) is 1. The summed E-state index contributed by atoms with van der Waals surface area (Å²) in [4.78, 5) is 14.8. The van der Waals surface area contributed by atoms with Gasteiger partial charge in [-0.3, -0.25) is 9.10 Å². The van der Waals surface area contributed by atoms with Crippen LogP contribution in [0.5, 0.6) is 0 Å². The van der Waals surface area contributed by atoms with Gasteiger partial charge in [0.2, 0.25) is 5.91 Å². The number of amides is 1. The Morgan fingerprint density at radius 2 is 1.46 bits per heavy atom. The van der Waals surface area contributed by atoms with Gasteiger partial charge in [0.25, 0.3) is 10.0 Å². The van der Waals surface area contributed by atoms with Gasteiger partial charge in [-0.25, -0.2) is 17.2 Å². The van der Waals surface area contributed by atoms with E-state index in [1.165, 1.54) is 12.1 Å². The molecular weight excluding hydrogens is 476 g/mol. The van der Waals surface area contributed by atoms with Crippen LogP contribution in [0.15, 0.2) is 77.7 Å². The average Bonchev–Trinajstić information content (AvgIpc) is 2.88. The highest BCUT2D eigenvalue weighted by Crippen LogP contribution is 2.24. The van der Waals surface area contributed by atoms with Gasteiger partial charge >= 0.3 is 0 Å². The van der Waals surface area contributed by atoms with Crippen molar-refractivity contribution in [3.8, 4) is 0 Å². The van der Waals surface area contributed by atoms with Crippen LogP contribution in [0.25, 0.3) is 0 Å². The lowest BCUT2D eigenvalue weighted by Crippen LogP contribution is -2.40. The maximum Gasteiger partial charge on any atom is 0.264 e. The molecule has 1 fully saturated rings. The van der Waals surface area contributed by atoms with Crippen molar-refractivity contribution in [3.05, 3.63) is 90.0 Å². The molecule has 0 bridgehead atoms. The summed E-state index contributed by atoms with van der Waals surface area (Å²) in [6.07, 6.45) is 0. The third-order valence-electron chi connectivity index (χ3n) is 5.61. The molecule has 1 aliphatic heterocycles. The number of anilines is 2. The zero-order valence-corrected chi connectivity index (χ0v) is 19.7. The fraction of sp³-hybridized carbons (Fsp3) is 0.240. The standard InChI is InChI=1S/C25H25F2N3O4S/c26-20-3-9-23(10-4-20)30(35(32,33)24-11-5-21(27)6-12-24)18-25(31)28-17-19-1-7-22(8-2-19)29-13-15-34-16-14-29/h1-12H,13-18H2,(H,28,31). The fourth-order valence-electron chi connectivity index (χ4n) is 3.69. The van der Waals surface area contributed by atoms with Crippen LogP contribution in [0.1, 0.15) is 5.56 Å². The zero-order valence-electron chi connectivity index (χ0n) is 18.9. The van der Waals surface area contributed by atoms with Crippen LogP contribution < -0.4 is 14.5 Å². The summed E-state index contributed by atoms with van der Waals surface area (Å²) in [6, 6.07) is 16.8. The SMILES string of the molecule is O=C(CN(c1ccc(F)cc1)S(=O)(=O)c1ccc(F)cc1)NCc1ccc(N2CCOCC2)cc1. The lowest BCUT2D eigenvalue weighted by molar-refractivity contribution is -0.119. The van der Waals surface area contributed by atoms with Crippen LogP contribution in [0.2, 0.25) is 0 Å². The number of halogens is 2. The number of carbonyl (C=O) groups excluding carboxylic acids is 1. The predicted molar refractivity (Wildman–Crippen MR) is 129 cm³/mol. The smallest absolute Gasteiger partial charge is 0.264 e. The molecule has 1 N–H and O–H groups in total. The van der Waals surface area contributed by atoms with E-state index in [0.29, 0.717) is 13.2 Å². The van der Waals surface area contributed by atoms with Crippen molar-refractivity contribution in [2.45, 2.75) is 11.4 Å². The van der Waals surface area contributed by atoms with Crippen molar-refractivity contribution < 1.29 is 26.7 Å². The summed E-state index contributed by atoms with van der Waals surface area (Å²) in [5.74, 6) is -1.68. The molecule has 0 aliphatic carbocycles. The highest BCUT2D eigenvalue weighted by molar-refractivity contribution is 7.92. The molecular formula is C25H25F2N3O4S. The molecule has 4 rings (SSSR count). The molecule has 0 atom stereocenters. The van der Waals surface area contributed by atoms with Crippen molar-refractivity contribution in [1.82, 2.24) is 5.32 Å². The van der Waals surface area contributed by atoms with Crippen molar-refractivity contribution in [3.63, 3.8) is 0 Å². The van der Waals surface area contributed by atoms with Gasteiger partial charge in [-0.1, -0.05) is 12.1 Å². The first kappa shape index (κ1) is 24.6. The Bertz CT molecular complexity index is 1250. The third kappa shape index (κ3) is 6.14. The largest absolute Gasteiger partial charge is 0.378 e. The van der Waals surface area contributed by atoms with Gasteiger partial charge in [-0.2, -0.15) is 0 Å². The van der Waals surface area contributed by atoms with E-state index in [4.69, 9.17) is 4.74 Å². The van der Waals surface area contributed by atoms with Gasteiger partial charge in [-0.15, -0.1) is 0 Å². The van der Waals surface area contributed by atoms with Gasteiger partial charge in [0.15, 0.2) is 0 Å². The minimum Gasteiger partial charge on any atom is -0.378 e. The van der Waals surface area contributed by atoms with Crippen LogP contribution in [0.3, 0.4) is 0 Å². The van der Waals surface area contributed by atoms with Crippen LogP contribution in [0, 0.1) is 11.6 Å². The fourth-order valence-corrected chi connectivity index (χ4v) is 5.11. The number of hydrogen-bond acceptors (Lipinski definition) is 5. The zero-order chi connectivity index (χ0) is 24.8. The first-order valence-electron chi connectivity index (χ1n) is 11.1. The summed E-state index contributed by atoms with van der Waals surface area (Å²) in [5.41, 5.74) is 2.03. The predicted octanol–water partition coefficient (Wildman–Crippen LogP) is 3.31. The Balaban J connectivity index is 1.46. The summed E-state index contributed by atoms with van der Waals surface area (Å²) in [6.45, 7) is 2.68. The van der Waals surface area contributed by atoms with Crippen LogP contribution >= 0.6 is 0 Å². The minimum absolute atomic E-state index is 0.112. The molecule has 0 radical (unpaired) electrons. The number of carbonyl (C=O) groups is 1. The number of ether oxygens (including phenoxy) is 1. The van der Waals surface area contributed by atoms with Gasteiger partial charge in [0.05, 0.1) is 23.8 Å². The number of rotatable bonds is 8. The van der Waals surface area contributed by atoms with Gasteiger partial charge in [0.1, 0.15) is 18.2 Å². The maximum absolute atomic E-state index is 13.4. The van der Waals surface area contributed by atoms with E-state index in [2.05, 4.69) is 10.2 Å². The molecule has 0 spiro atoms. The van der Waals surface area contributed by atoms with Crippen LogP contribution in [-0.2, 0) is 26.1 Å². The Morgan fingerprint density at radius 3 is 2.06 bits per heavy atom. The molecule has 1 saturated heterocycles. The molecule has 35 heavy (non-hydrogen) atoms. The Morgan fingerprint density at radius 1 is 0.886 bits per heavy atom. The lowest BCUT2D eigenvalue weighted by atomic mass is 10.2. The summed E-state index contributed by atoms with van der Waals surface area (Å²) < 4.78 is 59.5. The Kier molecular flexibility index (Phi) is 7.62. The lowest BCUT2D eigenvalue weighted by Gasteiger charge is -2.29. The summed E-state index contributed by atoms with van der Waals surface area (Å²) in [7, 11) is -4.21. The van der Waals surface area contributed by atoms with E-state index in [9.17, 15) is 22.0 Å². The molecule has 1 aliphatic rings. The molecule has 10 heteroatoms. The van der Waals surface area contributed by atoms with Crippen molar-refractivity contribution in [2.24, 2.45) is 0 Å². The maximum atomic E-state index is 13.4. The van der Waals surface area contributed by atoms with Crippen molar-refractivity contribution in [2.75, 3.05) is 42.1 Å². The molecule has 0 aromatic heterocycles. The number of nitrogens with zero attached hydrogens (tertiary/aromatic N) is 2. The number of hydrogen-bond donors (Lipinski definition) is 1. The van der Waals surface area contributed by atoms with E-state index >= 15 is 0 Å².